The van der Waals surface area contributed by atoms with Crippen molar-refractivity contribution >= 4 is 11.6 Å². The number of nitrogens with one attached hydrogen (secondary N) is 1. The molecule has 0 heterocycles. The summed E-state index contributed by atoms with van der Waals surface area (Å²) >= 11 is 0. The maximum Gasteiger partial charge on any atom is 0.418 e. The van der Waals surface area contributed by atoms with Crippen LogP contribution >= 0.6 is 0 Å². The van der Waals surface area contributed by atoms with Gasteiger partial charge in [-0.2, -0.15) is 13.2 Å². The first kappa shape index (κ1) is 22.2. The first-order valence-corrected chi connectivity index (χ1v) is 9.70. The Kier molecular flexibility index (Phi) is 6.84. The summed E-state index contributed by atoms with van der Waals surface area (Å²) in [6.45, 7) is 4.36. The largest absolute Gasteiger partial charge is 0.493 e. The van der Waals surface area contributed by atoms with Gasteiger partial charge in [0.05, 0.1) is 17.9 Å². The summed E-state index contributed by atoms with van der Waals surface area (Å²) < 4.78 is 51.0. The van der Waals surface area contributed by atoms with E-state index in [4.69, 9.17) is 9.47 Å². The Balaban J connectivity index is 1.82. The fraction of sp³-hybridized carbons (Fsp3) is 0.208. The molecule has 1 amide bonds. The van der Waals surface area contributed by atoms with Crippen LogP contribution in [-0.4, -0.2) is 12.5 Å². The molecular formula is C24H22F3NO3. The first-order chi connectivity index (χ1) is 14.8. The number of aryl methyl sites for hydroxylation is 1. The van der Waals surface area contributed by atoms with Crippen LogP contribution in [0.3, 0.4) is 0 Å². The van der Waals surface area contributed by atoms with Crippen LogP contribution in [0.25, 0.3) is 0 Å². The lowest BCUT2D eigenvalue weighted by Gasteiger charge is -2.15. The molecule has 0 saturated heterocycles. The van der Waals surface area contributed by atoms with Crippen molar-refractivity contribution in [2.24, 2.45) is 0 Å². The van der Waals surface area contributed by atoms with Gasteiger partial charge in [0, 0.05) is 11.1 Å². The molecule has 31 heavy (non-hydrogen) atoms. The van der Waals surface area contributed by atoms with Crippen molar-refractivity contribution in [3.63, 3.8) is 0 Å². The van der Waals surface area contributed by atoms with Crippen molar-refractivity contribution in [2.45, 2.75) is 26.6 Å². The fourth-order valence-corrected chi connectivity index (χ4v) is 2.96. The quantitative estimate of drug-likeness (QED) is 0.483. The van der Waals surface area contributed by atoms with E-state index in [1.54, 1.807) is 12.1 Å². The Morgan fingerprint density at radius 1 is 0.968 bits per heavy atom. The second-order valence-electron chi connectivity index (χ2n) is 6.85. The van der Waals surface area contributed by atoms with Crippen LogP contribution in [-0.2, 0) is 12.8 Å². The summed E-state index contributed by atoms with van der Waals surface area (Å²) in [7, 11) is 0. The van der Waals surface area contributed by atoms with Crippen LogP contribution < -0.4 is 14.8 Å². The number of carbonyl (C=O) groups is 1. The topological polar surface area (TPSA) is 47.6 Å². The Bertz CT molecular complexity index is 1050. The molecule has 0 aromatic heterocycles. The van der Waals surface area contributed by atoms with Crippen molar-refractivity contribution in [3.8, 4) is 11.5 Å². The molecule has 0 radical (unpaired) electrons. The number of rotatable bonds is 7. The summed E-state index contributed by atoms with van der Waals surface area (Å²) in [6.07, 6.45) is -4.57. The van der Waals surface area contributed by atoms with Crippen molar-refractivity contribution in [1.82, 2.24) is 0 Å². The van der Waals surface area contributed by atoms with E-state index < -0.39 is 17.6 Å². The number of benzene rings is 3. The average molecular weight is 429 g/mol. The first-order valence-electron chi connectivity index (χ1n) is 9.70. The summed E-state index contributed by atoms with van der Waals surface area (Å²) in [5, 5.41) is 2.35. The summed E-state index contributed by atoms with van der Waals surface area (Å²) in [5.41, 5.74) is 0.700. The third kappa shape index (κ3) is 5.78. The predicted molar refractivity (Wildman–Crippen MR) is 113 cm³/mol. The number of carbonyl (C=O) groups excluding carboxylic acids is 1. The molecule has 0 spiro atoms. The van der Waals surface area contributed by atoms with E-state index >= 15 is 0 Å². The molecule has 0 aliphatic heterocycles. The van der Waals surface area contributed by atoms with E-state index in [0.29, 0.717) is 23.7 Å². The summed E-state index contributed by atoms with van der Waals surface area (Å²) in [6, 6.07) is 17.0. The molecule has 0 aliphatic rings. The molecule has 4 nitrogen and oxygen atoms in total. The van der Waals surface area contributed by atoms with E-state index in [2.05, 4.69) is 5.32 Å². The minimum atomic E-state index is -4.57. The standard InChI is InChI=1S/C24H22F3NO3/c1-3-30-22-13-10-17(14-18(22)15-31-19-11-8-16(2)9-12-19)23(29)28-21-7-5-4-6-20(21)24(25,26)27/h4-14H,3,15H2,1-2H3,(H,28,29). The molecule has 0 aliphatic carbocycles. The number of halogens is 3. The predicted octanol–water partition coefficient (Wildman–Crippen LogP) is 6.24. The van der Waals surface area contributed by atoms with Crippen molar-refractivity contribution in [2.75, 3.05) is 11.9 Å². The van der Waals surface area contributed by atoms with Gasteiger partial charge < -0.3 is 14.8 Å². The Hall–Kier alpha value is -3.48. The van der Waals surface area contributed by atoms with E-state index in [1.807, 2.05) is 38.1 Å². The number of anilines is 1. The minimum Gasteiger partial charge on any atom is -0.493 e. The van der Waals surface area contributed by atoms with Crippen molar-refractivity contribution in [1.29, 1.82) is 0 Å². The monoisotopic (exact) mass is 429 g/mol. The van der Waals surface area contributed by atoms with E-state index in [-0.39, 0.29) is 17.9 Å². The third-order valence-electron chi connectivity index (χ3n) is 4.52. The van der Waals surface area contributed by atoms with Gasteiger partial charge in [0.25, 0.3) is 5.91 Å². The zero-order chi connectivity index (χ0) is 22.4. The van der Waals surface area contributed by atoms with Gasteiger partial charge in [-0.15, -0.1) is 0 Å². The molecule has 0 bridgehead atoms. The molecule has 1 N–H and O–H groups in total. The van der Waals surface area contributed by atoms with E-state index in [0.717, 1.165) is 11.6 Å². The molecule has 0 atom stereocenters. The number of alkyl halides is 3. The normalized spacial score (nSPS) is 11.1. The van der Waals surface area contributed by atoms with Crippen LogP contribution in [0, 0.1) is 6.92 Å². The highest BCUT2D eigenvalue weighted by atomic mass is 19.4. The second-order valence-corrected chi connectivity index (χ2v) is 6.85. The number of hydrogen-bond donors (Lipinski definition) is 1. The Labute approximate surface area is 178 Å². The lowest BCUT2D eigenvalue weighted by Crippen LogP contribution is -2.17. The molecule has 0 fully saturated rings. The average Bonchev–Trinajstić information content (AvgIpc) is 2.74. The molecule has 162 valence electrons. The summed E-state index contributed by atoms with van der Waals surface area (Å²) in [4.78, 5) is 12.7. The van der Waals surface area contributed by atoms with Crippen LogP contribution in [0.4, 0.5) is 18.9 Å². The van der Waals surface area contributed by atoms with Gasteiger partial charge in [0.15, 0.2) is 0 Å². The number of para-hydroxylation sites is 1. The van der Waals surface area contributed by atoms with Crippen LogP contribution in [0.2, 0.25) is 0 Å². The molecule has 3 aromatic carbocycles. The van der Waals surface area contributed by atoms with E-state index in [9.17, 15) is 18.0 Å². The highest BCUT2D eigenvalue weighted by Crippen LogP contribution is 2.35. The highest BCUT2D eigenvalue weighted by molar-refractivity contribution is 6.05. The smallest absolute Gasteiger partial charge is 0.418 e. The Morgan fingerprint density at radius 3 is 2.35 bits per heavy atom. The van der Waals surface area contributed by atoms with Crippen LogP contribution in [0.5, 0.6) is 11.5 Å². The van der Waals surface area contributed by atoms with Gasteiger partial charge in [-0.3, -0.25) is 4.79 Å². The maximum absolute atomic E-state index is 13.2. The lowest BCUT2D eigenvalue weighted by molar-refractivity contribution is -0.136. The summed E-state index contributed by atoms with van der Waals surface area (Å²) in [5.74, 6) is 0.542. The molecule has 3 aromatic rings. The minimum absolute atomic E-state index is 0.138. The Morgan fingerprint density at radius 2 is 1.68 bits per heavy atom. The van der Waals surface area contributed by atoms with Crippen LogP contribution in [0.1, 0.15) is 34.0 Å². The molecule has 7 heteroatoms. The lowest BCUT2D eigenvalue weighted by atomic mass is 10.1. The van der Waals surface area contributed by atoms with Crippen molar-refractivity contribution in [3.05, 3.63) is 89.0 Å². The van der Waals surface area contributed by atoms with Gasteiger partial charge in [0.2, 0.25) is 0 Å². The molecule has 0 unspecified atom stereocenters. The fourth-order valence-electron chi connectivity index (χ4n) is 2.96. The van der Waals surface area contributed by atoms with Gasteiger partial charge in [-0.25, -0.2) is 0 Å². The zero-order valence-electron chi connectivity index (χ0n) is 17.1. The zero-order valence-corrected chi connectivity index (χ0v) is 17.1. The van der Waals surface area contributed by atoms with Gasteiger partial charge in [0.1, 0.15) is 18.1 Å². The molecule has 3 rings (SSSR count). The second kappa shape index (κ2) is 9.55. The third-order valence-corrected chi connectivity index (χ3v) is 4.52. The molecular weight excluding hydrogens is 407 g/mol. The maximum atomic E-state index is 13.2. The highest BCUT2D eigenvalue weighted by Gasteiger charge is 2.33. The van der Waals surface area contributed by atoms with Gasteiger partial charge >= 0.3 is 6.18 Å². The van der Waals surface area contributed by atoms with Gasteiger partial charge in [-0.1, -0.05) is 29.8 Å². The van der Waals surface area contributed by atoms with Crippen LogP contribution in [0.15, 0.2) is 66.7 Å². The molecule has 0 saturated carbocycles. The number of amides is 1. The van der Waals surface area contributed by atoms with Gasteiger partial charge in [-0.05, 0) is 56.3 Å². The number of ether oxygens (including phenoxy) is 2. The number of hydrogen-bond acceptors (Lipinski definition) is 3. The van der Waals surface area contributed by atoms with Crippen molar-refractivity contribution < 1.29 is 27.4 Å². The SMILES string of the molecule is CCOc1ccc(C(=O)Nc2ccccc2C(F)(F)F)cc1COc1ccc(C)cc1. The van der Waals surface area contributed by atoms with E-state index in [1.165, 1.54) is 24.3 Å².